The highest BCUT2D eigenvalue weighted by atomic mass is 19.4. The second-order valence-corrected chi connectivity index (χ2v) is 5.40. The van der Waals surface area contributed by atoms with Crippen molar-refractivity contribution in [1.29, 1.82) is 0 Å². The van der Waals surface area contributed by atoms with E-state index in [2.05, 4.69) is 10.1 Å². The van der Waals surface area contributed by atoms with Gasteiger partial charge in [-0.2, -0.15) is 0 Å². The highest BCUT2D eigenvalue weighted by Crippen LogP contribution is 2.25. The van der Waals surface area contributed by atoms with Gasteiger partial charge in [-0.05, 0) is 38.5 Å². The molecule has 0 unspecified atom stereocenters. The molecule has 0 fully saturated rings. The number of benzene rings is 1. The van der Waals surface area contributed by atoms with Crippen molar-refractivity contribution in [2.45, 2.75) is 45.2 Å². The topological polar surface area (TPSA) is 58.6 Å². The molecule has 0 saturated heterocycles. The SMILES string of the molecule is C[C@H](NC(=O)CC(C)(C)O)c1cccc(OC(F)(F)F)c1. The largest absolute Gasteiger partial charge is 0.573 e. The van der Waals surface area contributed by atoms with Gasteiger partial charge in [0.1, 0.15) is 5.75 Å². The number of carbonyl (C=O) groups is 1. The highest BCUT2D eigenvalue weighted by Gasteiger charge is 2.31. The van der Waals surface area contributed by atoms with Crippen LogP contribution in [0.4, 0.5) is 13.2 Å². The maximum absolute atomic E-state index is 12.2. The molecule has 118 valence electrons. The molecule has 1 rings (SSSR count). The van der Waals surface area contributed by atoms with Gasteiger partial charge in [-0.3, -0.25) is 4.79 Å². The third-order valence-corrected chi connectivity index (χ3v) is 2.56. The molecule has 21 heavy (non-hydrogen) atoms. The number of nitrogens with one attached hydrogen (secondary N) is 1. The molecular weight excluding hydrogens is 287 g/mol. The molecule has 0 spiro atoms. The van der Waals surface area contributed by atoms with Crippen molar-refractivity contribution < 1.29 is 27.8 Å². The van der Waals surface area contributed by atoms with Crippen molar-refractivity contribution in [2.24, 2.45) is 0 Å². The van der Waals surface area contributed by atoms with Crippen LogP contribution < -0.4 is 10.1 Å². The first-order chi connectivity index (χ1) is 9.46. The Kier molecular flexibility index (Phi) is 5.22. The number of carbonyl (C=O) groups excluding carboxylic acids is 1. The van der Waals surface area contributed by atoms with Crippen LogP contribution in [-0.2, 0) is 4.79 Å². The quantitative estimate of drug-likeness (QED) is 0.879. The van der Waals surface area contributed by atoms with Gasteiger partial charge in [0.15, 0.2) is 0 Å². The zero-order valence-electron chi connectivity index (χ0n) is 12.0. The summed E-state index contributed by atoms with van der Waals surface area (Å²) in [6, 6.07) is 4.88. The molecule has 1 amide bonds. The number of hydrogen-bond donors (Lipinski definition) is 2. The molecule has 0 aliphatic rings. The average molecular weight is 305 g/mol. The van der Waals surface area contributed by atoms with E-state index < -0.39 is 23.9 Å². The number of ether oxygens (including phenoxy) is 1. The molecule has 0 radical (unpaired) electrons. The van der Waals surface area contributed by atoms with Crippen molar-refractivity contribution in [3.8, 4) is 5.75 Å². The lowest BCUT2D eigenvalue weighted by atomic mass is 10.0. The number of amides is 1. The Bertz CT molecular complexity index is 495. The first kappa shape index (κ1) is 17.3. The minimum atomic E-state index is -4.76. The van der Waals surface area contributed by atoms with Gasteiger partial charge in [-0.1, -0.05) is 12.1 Å². The number of halogens is 3. The Hall–Kier alpha value is -1.76. The van der Waals surface area contributed by atoms with Crippen LogP contribution in [0.25, 0.3) is 0 Å². The summed E-state index contributed by atoms with van der Waals surface area (Å²) in [6.45, 7) is 4.62. The van der Waals surface area contributed by atoms with E-state index in [4.69, 9.17) is 0 Å². The lowest BCUT2D eigenvalue weighted by Crippen LogP contribution is -2.33. The summed E-state index contributed by atoms with van der Waals surface area (Å²) in [7, 11) is 0. The van der Waals surface area contributed by atoms with Crippen molar-refractivity contribution >= 4 is 5.91 Å². The highest BCUT2D eigenvalue weighted by molar-refractivity contribution is 5.77. The first-order valence-electron chi connectivity index (χ1n) is 6.34. The normalized spacial score (nSPS) is 13.7. The molecule has 0 saturated carbocycles. The van der Waals surface area contributed by atoms with Crippen LogP contribution in [-0.4, -0.2) is 23.0 Å². The summed E-state index contributed by atoms with van der Waals surface area (Å²) in [6.07, 6.45) is -4.86. The summed E-state index contributed by atoms with van der Waals surface area (Å²) in [5.74, 6) is -0.735. The van der Waals surface area contributed by atoms with E-state index in [1.807, 2.05) is 0 Å². The fraction of sp³-hybridized carbons (Fsp3) is 0.500. The molecule has 4 nitrogen and oxygen atoms in total. The second kappa shape index (κ2) is 6.34. The zero-order chi connectivity index (χ0) is 16.3. The Morgan fingerprint density at radius 3 is 2.52 bits per heavy atom. The van der Waals surface area contributed by atoms with Gasteiger partial charge in [0, 0.05) is 0 Å². The standard InChI is InChI=1S/C14H18F3NO3/c1-9(18-12(19)8-13(2,3)20)10-5-4-6-11(7-10)21-14(15,16)17/h4-7,9,20H,8H2,1-3H3,(H,18,19)/t9-/m0/s1. The molecule has 0 heterocycles. The van der Waals surface area contributed by atoms with Crippen molar-refractivity contribution in [2.75, 3.05) is 0 Å². The van der Waals surface area contributed by atoms with Crippen LogP contribution in [0.15, 0.2) is 24.3 Å². The minimum Gasteiger partial charge on any atom is -0.406 e. The molecule has 0 bridgehead atoms. The van der Waals surface area contributed by atoms with E-state index in [1.165, 1.54) is 32.0 Å². The van der Waals surface area contributed by atoms with Crippen LogP contribution in [0.5, 0.6) is 5.75 Å². The van der Waals surface area contributed by atoms with Crippen molar-refractivity contribution in [3.05, 3.63) is 29.8 Å². The maximum atomic E-state index is 12.2. The molecule has 7 heteroatoms. The van der Waals surface area contributed by atoms with Crippen LogP contribution in [0.1, 0.15) is 38.8 Å². The zero-order valence-corrected chi connectivity index (χ0v) is 12.0. The van der Waals surface area contributed by atoms with Crippen molar-refractivity contribution in [1.82, 2.24) is 5.32 Å². The van der Waals surface area contributed by atoms with Gasteiger partial charge in [0.2, 0.25) is 5.91 Å². The maximum Gasteiger partial charge on any atom is 0.573 e. The molecule has 2 N–H and O–H groups in total. The molecule has 0 aliphatic heterocycles. The van der Waals surface area contributed by atoms with E-state index in [1.54, 1.807) is 13.0 Å². The fourth-order valence-electron chi connectivity index (χ4n) is 1.75. The van der Waals surface area contributed by atoms with E-state index in [0.717, 1.165) is 0 Å². The lowest BCUT2D eigenvalue weighted by molar-refractivity contribution is -0.274. The van der Waals surface area contributed by atoms with Gasteiger partial charge in [-0.15, -0.1) is 13.2 Å². The van der Waals surface area contributed by atoms with Gasteiger partial charge < -0.3 is 15.2 Å². The Balaban J connectivity index is 2.72. The first-order valence-corrected chi connectivity index (χ1v) is 6.34. The van der Waals surface area contributed by atoms with Crippen molar-refractivity contribution in [3.63, 3.8) is 0 Å². The summed E-state index contributed by atoms with van der Waals surface area (Å²) in [5.41, 5.74) is -0.675. The predicted molar refractivity (Wildman–Crippen MR) is 70.6 cm³/mol. The van der Waals surface area contributed by atoms with Crippen LogP contribution in [0.3, 0.4) is 0 Å². The minimum absolute atomic E-state index is 0.101. The number of alkyl halides is 3. The smallest absolute Gasteiger partial charge is 0.406 e. The molecule has 0 aliphatic carbocycles. The molecule has 1 aromatic carbocycles. The monoisotopic (exact) mass is 305 g/mol. The third kappa shape index (κ3) is 6.99. The summed E-state index contributed by atoms with van der Waals surface area (Å²) < 4.78 is 40.3. The number of hydrogen-bond acceptors (Lipinski definition) is 3. The van der Waals surface area contributed by atoms with E-state index in [9.17, 15) is 23.1 Å². The third-order valence-electron chi connectivity index (χ3n) is 2.56. The summed E-state index contributed by atoms with van der Waals surface area (Å²) >= 11 is 0. The summed E-state index contributed by atoms with van der Waals surface area (Å²) in [5, 5.41) is 12.1. The average Bonchev–Trinajstić information content (AvgIpc) is 2.23. The summed E-state index contributed by atoms with van der Waals surface area (Å²) in [4.78, 5) is 11.7. The fourth-order valence-corrected chi connectivity index (χ4v) is 1.75. The van der Waals surface area contributed by atoms with Gasteiger partial charge >= 0.3 is 6.36 Å². The Morgan fingerprint density at radius 1 is 1.38 bits per heavy atom. The molecule has 0 aromatic heterocycles. The van der Waals surface area contributed by atoms with E-state index in [-0.39, 0.29) is 12.2 Å². The van der Waals surface area contributed by atoms with Gasteiger partial charge in [0.05, 0.1) is 18.1 Å². The molecule has 1 atom stereocenters. The van der Waals surface area contributed by atoms with E-state index in [0.29, 0.717) is 5.56 Å². The predicted octanol–water partition coefficient (Wildman–Crippen LogP) is 2.92. The molecule has 1 aromatic rings. The van der Waals surface area contributed by atoms with E-state index >= 15 is 0 Å². The Morgan fingerprint density at radius 2 is 2.00 bits per heavy atom. The van der Waals surface area contributed by atoms with Gasteiger partial charge in [0.25, 0.3) is 0 Å². The van der Waals surface area contributed by atoms with Gasteiger partial charge in [-0.25, -0.2) is 0 Å². The van der Waals surface area contributed by atoms with Crippen LogP contribution in [0, 0.1) is 0 Å². The van der Waals surface area contributed by atoms with Crippen LogP contribution in [0.2, 0.25) is 0 Å². The number of aliphatic hydroxyl groups is 1. The lowest BCUT2D eigenvalue weighted by Gasteiger charge is -2.20. The molecular formula is C14H18F3NO3. The Labute approximate surface area is 120 Å². The van der Waals surface area contributed by atoms with Crippen LogP contribution >= 0.6 is 0 Å². The second-order valence-electron chi connectivity index (χ2n) is 5.40. The number of rotatable bonds is 5.